The van der Waals surface area contributed by atoms with Gasteiger partial charge in [-0.1, -0.05) is 11.3 Å². The lowest BCUT2D eigenvalue weighted by Gasteiger charge is -2.10. The first-order chi connectivity index (χ1) is 17.0. The number of hydrogen-bond acceptors (Lipinski definition) is 5. The van der Waals surface area contributed by atoms with Crippen LogP contribution in [0.3, 0.4) is 0 Å². The lowest BCUT2D eigenvalue weighted by molar-refractivity contribution is 0.586. The van der Waals surface area contributed by atoms with E-state index in [9.17, 15) is 9.18 Å². The first-order valence-electron chi connectivity index (χ1n) is 10.5. The van der Waals surface area contributed by atoms with E-state index in [1.165, 1.54) is 28.9 Å². The molecule has 0 fully saturated rings. The average molecular weight is 468 g/mol. The Labute approximate surface area is 194 Å². The summed E-state index contributed by atoms with van der Waals surface area (Å²) < 4.78 is 32.5. The summed E-state index contributed by atoms with van der Waals surface area (Å²) in [4.78, 5) is 17.0. The summed E-state index contributed by atoms with van der Waals surface area (Å²) in [5, 5.41) is 21.3. The van der Waals surface area contributed by atoms with Gasteiger partial charge in [-0.25, -0.2) is 18.3 Å². The van der Waals surface area contributed by atoms with Crippen molar-refractivity contribution >= 4 is 22.1 Å². The largest absolute Gasteiger partial charge is 0.323 e. The van der Waals surface area contributed by atoms with Crippen molar-refractivity contribution in [3.05, 3.63) is 94.0 Å². The van der Waals surface area contributed by atoms with Gasteiger partial charge in [0.1, 0.15) is 11.3 Å². The Bertz CT molecular complexity index is 1850. The molecule has 0 aliphatic heterocycles. The number of fused-ring (bicyclic) bond motifs is 2. The standard InChI is InChI=1S/C24H14F2N8O/c25-17-7-13(11-27)1-2-14(17)12-33-21(5-6-28-33)15-8-18(26)23-22(9-15)34(32-31-23)16-3-4-19-20(10-16)30-24(35)29-19/h1-10H,12H2,(H2,29,30,35). The molecule has 0 spiro atoms. The van der Waals surface area contributed by atoms with Gasteiger partial charge in [-0.15, -0.1) is 5.10 Å². The van der Waals surface area contributed by atoms with Crippen LogP contribution in [0.5, 0.6) is 0 Å². The smallest absolute Gasteiger partial charge is 0.306 e. The van der Waals surface area contributed by atoms with E-state index in [0.717, 1.165) is 0 Å². The third-order valence-corrected chi connectivity index (χ3v) is 5.76. The maximum absolute atomic E-state index is 15.0. The molecule has 6 rings (SSSR count). The zero-order chi connectivity index (χ0) is 24.1. The first-order valence-corrected chi connectivity index (χ1v) is 10.5. The third kappa shape index (κ3) is 3.44. The molecular formula is C24H14F2N8O. The number of nitrogens with one attached hydrogen (secondary N) is 2. The summed E-state index contributed by atoms with van der Waals surface area (Å²) in [6.45, 7) is 0.0918. The molecule has 0 saturated carbocycles. The molecule has 0 saturated heterocycles. The predicted octanol–water partition coefficient (Wildman–Crippen LogP) is 3.65. The molecule has 0 amide bonds. The van der Waals surface area contributed by atoms with Gasteiger partial charge in [-0.2, -0.15) is 10.4 Å². The SMILES string of the molecule is N#Cc1ccc(Cn2nccc2-c2cc(F)c3nnn(-c4ccc5[nH]c(=O)[nH]c5c4)c3c2)c(F)c1. The monoisotopic (exact) mass is 468 g/mol. The Morgan fingerprint density at radius 2 is 1.83 bits per heavy atom. The van der Waals surface area contributed by atoms with Crippen LogP contribution in [0.15, 0.2) is 65.6 Å². The highest BCUT2D eigenvalue weighted by Gasteiger charge is 2.17. The summed E-state index contributed by atoms with van der Waals surface area (Å²) in [5.74, 6) is -1.09. The Balaban J connectivity index is 1.44. The van der Waals surface area contributed by atoms with Crippen molar-refractivity contribution in [1.29, 1.82) is 5.26 Å². The summed E-state index contributed by atoms with van der Waals surface area (Å²) in [7, 11) is 0. The van der Waals surface area contributed by atoms with Crippen LogP contribution in [0.2, 0.25) is 0 Å². The van der Waals surface area contributed by atoms with Crippen LogP contribution in [-0.2, 0) is 6.54 Å². The third-order valence-electron chi connectivity index (χ3n) is 5.76. The Morgan fingerprint density at radius 1 is 0.971 bits per heavy atom. The zero-order valence-corrected chi connectivity index (χ0v) is 17.8. The summed E-state index contributed by atoms with van der Waals surface area (Å²) in [6, 6.07) is 16.1. The molecule has 0 aliphatic carbocycles. The summed E-state index contributed by atoms with van der Waals surface area (Å²) in [5.41, 5.74) is 3.59. The lowest BCUT2D eigenvalue weighted by atomic mass is 10.1. The molecule has 3 aromatic heterocycles. The maximum Gasteiger partial charge on any atom is 0.323 e. The van der Waals surface area contributed by atoms with Crippen LogP contribution >= 0.6 is 0 Å². The quantitative estimate of drug-likeness (QED) is 0.409. The fourth-order valence-electron chi connectivity index (χ4n) is 4.08. The van der Waals surface area contributed by atoms with Crippen LogP contribution in [0.1, 0.15) is 11.1 Å². The van der Waals surface area contributed by atoms with Crippen LogP contribution in [0.25, 0.3) is 39.0 Å². The van der Waals surface area contributed by atoms with Crippen molar-refractivity contribution in [2.75, 3.05) is 0 Å². The van der Waals surface area contributed by atoms with E-state index in [0.29, 0.717) is 39.1 Å². The van der Waals surface area contributed by atoms with E-state index >= 15 is 4.39 Å². The molecule has 0 radical (unpaired) electrons. The maximum atomic E-state index is 15.0. The molecule has 6 aromatic rings. The van der Waals surface area contributed by atoms with E-state index < -0.39 is 11.6 Å². The lowest BCUT2D eigenvalue weighted by Crippen LogP contribution is -2.06. The molecule has 0 unspecified atom stereocenters. The molecular weight excluding hydrogens is 454 g/mol. The molecule has 0 bridgehead atoms. The summed E-state index contributed by atoms with van der Waals surface area (Å²) in [6.07, 6.45) is 1.55. The second-order valence-electron chi connectivity index (χ2n) is 7.93. The van der Waals surface area contributed by atoms with Crippen molar-refractivity contribution < 1.29 is 8.78 Å². The van der Waals surface area contributed by atoms with Crippen LogP contribution < -0.4 is 5.69 Å². The number of nitriles is 1. The number of H-pyrrole nitrogens is 2. The molecule has 0 atom stereocenters. The van der Waals surface area contributed by atoms with Gasteiger partial charge in [0.25, 0.3) is 0 Å². The highest BCUT2D eigenvalue weighted by Crippen LogP contribution is 2.28. The van der Waals surface area contributed by atoms with Crippen molar-refractivity contribution in [3.8, 4) is 23.0 Å². The molecule has 3 aromatic carbocycles. The van der Waals surface area contributed by atoms with Crippen molar-refractivity contribution in [1.82, 2.24) is 34.7 Å². The number of nitrogens with zero attached hydrogens (tertiary/aromatic N) is 6. The van der Waals surface area contributed by atoms with Gasteiger partial charge in [0.05, 0.1) is 46.1 Å². The summed E-state index contributed by atoms with van der Waals surface area (Å²) >= 11 is 0. The number of halogens is 2. The minimum atomic E-state index is -0.572. The van der Waals surface area contributed by atoms with Crippen molar-refractivity contribution in [2.45, 2.75) is 6.54 Å². The van der Waals surface area contributed by atoms with Crippen LogP contribution in [-0.4, -0.2) is 34.7 Å². The van der Waals surface area contributed by atoms with Gasteiger partial charge in [-0.3, -0.25) is 4.68 Å². The number of benzene rings is 3. The fraction of sp³-hybridized carbons (Fsp3) is 0.0417. The van der Waals surface area contributed by atoms with Gasteiger partial charge < -0.3 is 9.97 Å². The Hall–Kier alpha value is -5.11. The van der Waals surface area contributed by atoms with E-state index in [1.807, 2.05) is 6.07 Å². The number of aromatic nitrogens is 7. The fourth-order valence-corrected chi connectivity index (χ4v) is 4.08. The van der Waals surface area contributed by atoms with Gasteiger partial charge in [-0.05, 0) is 48.5 Å². The highest BCUT2D eigenvalue weighted by atomic mass is 19.1. The van der Waals surface area contributed by atoms with Crippen LogP contribution in [0.4, 0.5) is 8.78 Å². The molecule has 2 N–H and O–H groups in total. The molecule has 9 nitrogen and oxygen atoms in total. The van der Waals surface area contributed by atoms with Gasteiger partial charge in [0, 0.05) is 17.3 Å². The highest BCUT2D eigenvalue weighted by molar-refractivity contribution is 5.84. The predicted molar refractivity (Wildman–Crippen MR) is 123 cm³/mol. The number of hydrogen-bond donors (Lipinski definition) is 2. The Morgan fingerprint density at radius 3 is 2.66 bits per heavy atom. The van der Waals surface area contributed by atoms with Crippen molar-refractivity contribution in [2.24, 2.45) is 0 Å². The first kappa shape index (κ1) is 20.5. The molecule has 3 heterocycles. The Kier molecular flexibility index (Phi) is 4.53. The van der Waals surface area contributed by atoms with E-state index in [4.69, 9.17) is 5.26 Å². The van der Waals surface area contributed by atoms with E-state index in [2.05, 4.69) is 25.4 Å². The van der Waals surface area contributed by atoms with Gasteiger partial charge in [0.2, 0.25) is 0 Å². The minimum absolute atomic E-state index is 0.0839. The second kappa shape index (κ2) is 7.74. The second-order valence-corrected chi connectivity index (χ2v) is 7.93. The topological polar surface area (TPSA) is 121 Å². The number of imidazole rings is 1. The molecule has 170 valence electrons. The number of rotatable bonds is 4. The molecule has 11 heteroatoms. The zero-order valence-electron chi connectivity index (χ0n) is 17.8. The van der Waals surface area contributed by atoms with Gasteiger partial charge >= 0.3 is 5.69 Å². The molecule has 0 aliphatic rings. The average Bonchev–Trinajstić information content (AvgIpc) is 3.57. The normalized spacial score (nSPS) is 11.3. The van der Waals surface area contributed by atoms with Gasteiger partial charge in [0.15, 0.2) is 5.82 Å². The number of aromatic amines is 2. The van der Waals surface area contributed by atoms with E-state index in [1.54, 1.807) is 41.2 Å². The van der Waals surface area contributed by atoms with Crippen LogP contribution in [0, 0.1) is 23.0 Å². The van der Waals surface area contributed by atoms with E-state index in [-0.39, 0.29) is 23.3 Å². The molecule has 35 heavy (non-hydrogen) atoms. The van der Waals surface area contributed by atoms with Crippen molar-refractivity contribution in [3.63, 3.8) is 0 Å². The minimum Gasteiger partial charge on any atom is -0.306 e.